The fourth-order valence-electron chi connectivity index (χ4n) is 4.75. The van der Waals surface area contributed by atoms with Crippen molar-refractivity contribution in [1.29, 1.82) is 0 Å². The number of anilines is 1. The lowest BCUT2D eigenvalue weighted by Crippen LogP contribution is -2.21. The molecule has 6 rings (SSSR count). The van der Waals surface area contributed by atoms with Crippen molar-refractivity contribution < 1.29 is 12.8 Å². The first-order valence-electron chi connectivity index (χ1n) is 12.9. The van der Waals surface area contributed by atoms with Gasteiger partial charge in [-0.05, 0) is 61.4 Å². The molecule has 0 aliphatic heterocycles. The van der Waals surface area contributed by atoms with Crippen LogP contribution in [0.3, 0.4) is 0 Å². The number of hydrogen-bond acceptors (Lipinski definition) is 7. The number of nitrogens with zero attached hydrogens (tertiary/aromatic N) is 4. The maximum Gasteiger partial charge on any atom is 0.209 e. The van der Waals surface area contributed by atoms with E-state index < -0.39 is 15.8 Å². The Morgan fingerprint density at radius 1 is 1.00 bits per heavy atom. The average Bonchev–Trinajstić information content (AvgIpc) is 3.54. The van der Waals surface area contributed by atoms with Gasteiger partial charge in [0.05, 0.1) is 28.4 Å². The van der Waals surface area contributed by atoms with Crippen LogP contribution in [-0.4, -0.2) is 50.8 Å². The highest BCUT2D eigenvalue weighted by molar-refractivity contribution is 7.88. The molecule has 0 saturated carbocycles. The molecule has 0 spiro atoms. The number of para-hydroxylation sites is 1. The van der Waals surface area contributed by atoms with Crippen molar-refractivity contribution >= 4 is 37.8 Å². The number of pyridine rings is 2. The number of sulfonamides is 1. The predicted molar refractivity (Wildman–Crippen MR) is 158 cm³/mol. The Bertz CT molecular complexity index is 2020. The largest absolute Gasteiger partial charge is 0.382 e. The molecule has 4 N–H and O–H groups in total. The summed E-state index contributed by atoms with van der Waals surface area (Å²) < 4.78 is 40.1. The van der Waals surface area contributed by atoms with Gasteiger partial charge in [0.2, 0.25) is 10.0 Å². The van der Waals surface area contributed by atoms with Crippen LogP contribution in [0, 0.1) is 5.82 Å². The molecule has 4 heterocycles. The third kappa shape index (κ3) is 5.65. The summed E-state index contributed by atoms with van der Waals surface area (Å²) >= 11 is 0. The van der Waals surface area contributed by atoms with Crippen molar-refractivity contribution in [2.75, 3.05) is 11.6 Å². The fraction of sp³-hybridized carbons (Fsp3) is 0.172. The molecule has 2 aromatic carbocycles. The molecule has 0 unspecified atom stereocenters. The molecule has 0 amide bonds. The maximum absolute atomic E-state index is 14.6. The van der Waals surface area contributed by atoms with Crippen LogP contribution in [0.1, 0.15) is 19.4 Å². The molecule has 10 nitrogen and oxygen atoms in total. The smallest absolute Gasteiger partial charge is 0.209 e. The van der Waals surface area contributed by atoms with E-state index >= 15 is 0 Å². The molecule has 0 radical (unpaired) electrons. The lowest BCUT2D eigenvalue weighted by Gasteiger charge is -2.10. The van der Waals surface area contributed by atoms with Crippen molar-refractivity contribution in [2.45, 2.75) is 26.4 Å². The van der Waals surface area contributed by atoms with E-state index in [1.165, 1.54) is 12.1 Å². The van der Waals surface area contributed by atoms with Gasteiger partial charge in [0.1, 0.15) is 11.5 Å². The van der Waals surface area contributed by atoms with Crippen LogP contribution < -0.4 is 10.0 Å². The van der Waals surface area contributed by atoms with Gasteiger partial charge < -0.3 is 10.3 Å². The second kappa shape index (κ2) is 10.4. The molecule has 12 heteroatoms. The number of nitrogens with one attached hydrogen (secondary N) is 4. The minimum atomic E-state index is -3.43. The summed E-state index contributed by atoms with van der Waals surface area (Å²) in [5.41, 5.74) is 7.08. The van der Waals surface area contributed by atoms with E-state index in [-0.39, 0.29) is 12.6 Å². The van der Waals surface area contributed by atoms with Gasteiger partial charge in [-0.2, -0.15) is 5.10 Å². The summed E-state index contributed by atoms with van der Waals surface area (Å²) in [4.78, 5) is 17.1. The highest BCUT2D eigenvalue weighted by Crippen LogP contribution is 2.33. The summed E-state index contributed by atoms with van der Waals surface area (Å²) in [6.45, 7) is 4.12. The topological polar surface area (TPSA) is 141 Å². The molecule has 0 bridgehead atoms. The minimum Gasteiger partial charge on any atom is -0.382 e. The Balaban J connectivity index is 1.40. The lowest BCUT2D eigenvalue weighted by molar-refractivity contribution is 0.586. The molecule has 0 aliphatic rings. The second-order valence-electron chi connectivity index (χ2n) is 10.2. The van der Waals surface area contributed by atoms with Gasteiger partial charge in [-0.3, -0.25) is 10.1 Å². The quantitative estimate of drug-likeness (QED) is 0.196. The first-order valence-corrected chi connectivity index (χ1v) is 14.8. The van der Waals surface area contributed by atoms with E-state index in [1.54, 1.807) is 24.7 Å². The van der Waals surface area contributed by atoms with E-state index in [4.69, 9.17) is 4.98 Å². The van der Waals surface area contributed by atoms with Gasteiger partial charge in [0, 0.05) is 47.9 Å². The van der Waals surface area contributed by atoms with Gasteiger partial charge in [-0.25, -0.2) is 27.5 Å². The molecule has 4 aromatic heterocycles. The summed E-state index contributed by atoms with van der Waals surface area (Å²) in [6, 6.07) is 14.4. The maximum atomic E-state index is 14.6. The van der Waals surface area contributed by atoms with E-state index in [2.05, 4.69) is 49.0 Å². The minimum absolute atomic E-state index is 0.0219. The number of imidazole rings is 1. The van der Waals surface area contributed by atoms with Crippen LogP contribution >= 0.6 is 0 Å². The van der Waals surface area contributed by atoms with Crippen molar-refractivity contribution in [3.05, 3.63) is 78.5 Å². The van der Waals surface area contributed by atoms with Crippen LogP contribution in [0.25, 0.3) is 55.8 Å². The second-order valence-corrected chi connectivity index (χ2v) is 12.0. The van der Waals surface area contributed by atoms with Gasteiger partial charge >= 0.3 is 0 Å². The number of aromatic amines is 2. The molecular weight excluding hydrogens is 543 g/mol. The SMILES string of the molecule is CC(C)Nc1cncc(-c2cnc3[nH]nc(-c4nc5c(-c6cc(F)cc(CNS(C)(=O)=O)c6)cccc5[nH]4)c3c2)c1. The zero-order valence-electron chi connectivity index (χ0n) is 22.5. The Morgan fingerprint density at radius 2 is 1.83 bits per heavy atom. The van der Waals surface area contributed by atoms with E-state index in [1.807, 2.05) is 30.3 Å². The summed E-state index contributed by atoms with van der Waals surface area (Å²) in [5.74, 6) is 0.0565. The standard InChI is InChI=1S/C29H27FN8O2S/c1-16(2)34-22-10-19(13-31-15-22)20-11-24-27(37-38-28(24)32-14-20)29-35-25-6-4-5-23(26(25)36-29)18-7-17(8-21(30)9-18)12-33-41(3,39)40/h4-11,13-16,33-34H,12H2,1-3H3,(H,35,36)(H,32,37,38). The number of benzene rings is 2. The van der Waals surface area contributed by atoms with Crippen molar-refractivity contribution in [2.24, 2.45) is 0 Å². The van der Waals surface area contributed by atoms with E-state index in [9.17, 15) is 12.8 Å². The molecule has 41 heavy (non-hydrogen) atoms. The third-order valence-corrected chi connectivity index (χ3v) is 7.16. The molecule has 0 saturated heterocycles. The Kier molecular flexibility index (Phi) is 6.72. The Labute approximate surface area is 235 Å². The molecule has 6 aromatic rings. The number of rotatable bonds is 8. The first kappa shape index (κ1) is 26.5. The zero-order valence-corrected chi connectivity index (χ0v) is 23.3. The van der Waals surface area contributed by atoms with Crippen LogP contribution in [0.2, 0.25) is 0 Å². The number of H-pyrrole nitrogens is 2. The summed E-state index contributed by atoms with van der Waals surface area (Å²) in [6.07, 6.45) is 6.42. The molecular formula is C29H27FN8O2S. The monoisotopic (exact) mass is 570 g/mol. The predicted octanol–water partition coefficient (Wildman–Crippen LogP) is 5.24. The number of aromatic nitrogens is 6. The van der Waals surface area contributed by atoms with Crippen molar-refractivity contribution in [1.82, 2.24) is 34.9 Å². The number of halogens is 1. The molecule has 0 fully saturated rings. The molecule has 0 atom stereocenters. The summed E-state index contributed by atoms with van der Waals surface area (Å²) in [7, 11) is -3.43. The van der Waals surface area contributed by atoms with Crippen LogP contribution in [-0.2, 0) is 16.6 Å². The first-order chi connectivity index (χ1) is 19.6. The number of fused-ring (bicyclic) bond motifs is 2. The molecule has 208 valence electrons. The highest BCUT2D eigenvalue weighted by Gasteiger charge is 2.17. The van der Waals surface area contributed by atoms with E-state index in [0.717, 1.165) is 34.0 Å². The summed E-state index contributed by atoms with van der Waals surface area (Å²) in [5, 5.41) is 11.6. The zero-order chi connectivity index (χ0) is 28.7. The van der Waals surface area contributed by atoms with Gasteiger partial charge in [0.15, 0.2) is 11.5 Å². The Hall–Kier alpha value is -4.68. The van der Waals surface area contributed by atoms with Gasteiger partial charge in [-0.1, -0.05) is 12.1 Å². The van der Waals surface area contributed by atoms with Crippen LogP contribution in [0.5, 0.6) is 0 Å². The van der Waals surface area contributed by atoms with Crippen LogP contribution in [0.4, 0.5) is 10.1 Å². The Morgan fingerprint density at radius 3 is 2.63 bits per heavy atom. The average molecular weight is 571 g/mol. The number of hydrogen-bond donors (Lipinski definition) is 4. The van der Waals surface area contributed by atoms with Crippen molar-refractivity contribution in [3.63, 3.8) is 0 Å². The van der Waals surface area contributed by atoms with Crippen molar-refractivity contribution in [3.8, 4) is 33.8 Å². The normalized spacial score (nSPS) is 12.0. The van der Waals surface area contributed by atoms with Gasteiger partial charge in [-0.15, -0.1) is 0 Å². The van der Waals surface area contributed by atoms with Crippen LogP contribution in [0.15, 0.2) is 67.1 Å². The highest BCUT2D eigenvalue weighted by atomic mass is 32.2. The molecule has 0 aliphatic carbocycles. The third-order valence-electron chi connectivity index (χ3n) is 6.49. The van der Waals surface area contributed by atoms with Gasteiger partial charge in [0.25, 0.3) is 0 Å². The fourth-order valence-corrected chi connectivity index (χ4v) is 5.18. The lowest BCUT2D eigenvalue weighted by atomic mass is 10.0. The van der Waals surface area contributed by atoms with E-state index in [0.29, 0.717) is 39.4 Å².